The van der Waals surface area contributed by atoms with Crippen LogP contribution in [0.4, 0.5) is 13.2 Å². The van der Waals surface area contributed by atoms with Crippen LogP contribution < -0.4 is 5.56 Å². The third kappa shape index (κ3) is 4.77. The van der Waals surface area contributed by atoms with Gasteiger partial charge in [0.2, 0.25) is 0 Å². The standard InChI is InChI=1S/C22H23F3N4O2/c1-13-10-14(3-7-29-8-4-16(30)5-9-29)11-17-19(13)27-20(28-21(17)31)18-12-15(2-6-26-18)22(23,24)25/h2,6,10-12,16,30H,3-5,7-9H2,1H3,(H,27,28,31). The number of nitrogens with one attached hydrogen (secondary N) is 1. The molecule has 0 atom stereocenters. The average Bonchev–Trinajstić information content (AvgIpc) is 2.73. The summed E-state index contributed by atoms with van der Waals surface area (Å²) in [5.74, 6) is 0.00586. The molecule has 0 unspecified atom stereocenters. The Bertz CT molecular complexity index is 1150. The predicted molar refractivity (Wildman–Crippen MR) is 111 cm³/mol. The fraction of sp³-hybridized carbons (Fsp3) is 0.409. The molecule has 2 N–H and O–H groups in total. The number of hydrogen-bond acceptors (Lipinski definition) is 5. The Morgan fingerprint density at radius 2 is 1.97 bits per heavy atom. The second-order valence-electron chi connectivity index (χ2n) is 7.97. The molecule has 1 aliphatic heterocycles. The summed E-state index contributed by atoms with van der Waals surface area (Å²) in [6, 6.07) is 5.50. The third-order valence-electron chi connectivity index (χ3n) is 5.66. The highest BCUT2D eigenvalue weighted by Crippen LogP contribution is 2.30. The Morgan fingerprint density at radius 3 is 2.68 bits per heavy atom. The van der Waals surface area contributed by atoms with E-state index in [1.807, 2.05) is 13.0 Å². The number of aromatic nitrogens is 3. The van der Waals surface area contributed by atoms with E-state index in [9.17, 15) is 23.1 Å². The van der Waals surface area contributed by atoms with Crippen molar-refractivity contribution in [2.45, 2.75) is 38.5 Å². The van der Waals surface area contributed by atoms with Crippen molar-refractivity contribution in [1.82, 2.24) is 19.9 Å². The number of aliphatic hydroxyl groups is 1. The van der Waals surface area contributed by atoms with Crippen LogP contribution in [-0.2, 0) is 12.6 Å². The lowest BCUT2D eigenvalue weighted by atomic mass is 10.0. The first-order chi connectivity index (χ1) is 14.7. The van der Waals surface area contributed by atoms with Gasteiger partial charge < -0.3 is 15.0 Å². The van der Waals surface area contributed by atoms with Gasteiger partial charge in [0.25, 0.3) is 5.56 Å². The molecule has 1 aliphatic rings. The molecule has 2 aromatic heterocycles. The van der Waals surface area contributed by atoms with Crippen LogP contribution in [0, 0.1) is 6.92 Å². The summed E-state index contributed by atoms with van der Waals surface area (Å²) in [6.07, 6.45) is -1.38. The Kier molecular flexibility index (Phi) is 5.81. The number of fused-ring (bicyclic) bond motifs is 1. The number of rotatable bonds is 4. The first-order valence-corrected chi connectivity index (χ1v) is 10.2. The highest BCUT2D eigenvalue weighted by atomic mass is 19.4. The molecular formula is C22H23F3N4O2. The summed E-state index contributed by atoms with van der Waals surface area (Å²) < 4.78 is 39.0. The molecule has 1 saturated heterocycles. The van der Waals surface area contributed by atoms with Crippen LogP contribution in [0.1, 0.15) is 29.5 Å². The van der Waals surface area contributed by atoms with Crippen molar-refractivity contribution in [3.05, 3.63) is 57.5 Å². The lowest BCUT2D eigenvalue weighted by Crippen LogP contribution is -2.37. The molecular weight excluding hydrogens is 409 g/mol. The molecule has 164 valence electrons. The quantitative estimate of drug-likeness (QED) is 0.661. The minimum atomic E-state index is -4.51. The maximum absolute atomic E-state index is 13.0. The van der Waals surface area contributed by atoms with Crippen LogP contribution in [0.15, 0.2) is 35.3 Å². The number of hydrogen-bond donors (Lipinski definition) is 2. The van der Waals surface area contributed by atoms with E-state index in [4.69, 9.17) is 0 Å². The normalized spacial score (nSPS) is 16.2. The van der Waals surface area contributed by atoms with Gasteiger partial charge in [-0.15, -0.1) is 0 Å². The van der Waals surface area contributed by atoms with Gasteiger partial charge in [0.05, 0.1) is 22.6 Å². The van der Waals surface area contributed by atoms with Crippen molar-refractivity contribution in [2.24, 2.45) is 0 Å². The van der Waals surface area contributed by atoms with Crippen molar-refractivity contribution < 1.29 is 18.3 Å². The number of alkyl halides is 3. The average molecular weight is 432 g/mol. The summed E-state index contributed by atoms with van der Waals surface area (Å²) in [6.45, 7) is 4.36. The van der Waals surface area contributed by atoms with Gasteiger partial charge in [-0.3, -0.25) is 9.78 Å². The number of H-pyrrole nitrogens is 1. The van der Waals surface area contributed by atoms with Crippen molar-refractivity contribution in [3.8, 4) is 11.5 Å². The molecule has 3 heterocycles. The molecule has 0 aliphatic carbocycles. The van der Waals surface area contributed by atoms with E-state index in [-0.39, 0.29) is 17.6 Å². The van der Waals surface area contributed by atoms with Gasteiger partial charge in [-0.1, -0.05) is 6.07 Å². The fourth-order valence-corrected chi connectivity index (χ4v) is 3.92. The zero-order chi connectivity index (χ0) is 22.2. The zero-order valence-corrected chi connectivity index (χ0v) is 17.0. The fourth-order valence-electron chi connectivity index (χ4n) is 3.92. The topological polar surface area (TPSA) is 82.1 Å². The van der Waals surface area contributed by atoms with Gasteiger partial charge in [0, 0.05) is 25.8 Å². The van der Waals surface area contributed by atoms with Gasteiger partial charge >= 0.3 is 6.18 Å². The molecule has 1 aromatic carbocycles. The summed E-state index contributed by atoms with van der Waals surface area (Å²) in [5, 5.41) is 10.0. The number of aryl methyl sites for hydroxylation is 1. The van der Waals surface area contributed by atoms with Crippen molar-refractivity contribution >= 4 is 10.9 Å². The maximum atomic E-state index is 13.0. The van der Waals surface area contributed by atoms with Crippen LogP contribution >= 0.6 is 0 Å². The van der Waals surface area contributed by atoms with Crippen LogP contribution in [-0.4, -0.2) is 50.7 Å². The number of pyridine rings is 1. The summed E-state index contributed by atoms with van der Waals surface area (Å²) in [5.41, 5.74) is 0.921. The molecule has 3 aromatic rings. The number of aliphatic hydroxyl groups excluding tert-OH is 1. The van der Waals surface area contributed by atoms with E-state index in [1.165, 1.54) is 0 Å². The molecule has 9 heteroatoms. The van der Waals surface area contributed by atoms with E-state index in [2.05, 4.69) is 19.9 Å². The van der Waals surface area contributed by atoms with E-state index >= 15 is 0 Å². The molecule has 1 fully saturated rings. The van der Waals surface area contributed by atoms with E-state index < -0.39 is 17.3 Å². The number of likely N-dealkylation sites (tertiary alicyclic amines) is 1. The van der Waals surface area contributed by atoms with Crippen molar-refractivity contribution in [1.29, 1.82) is 0 Å². The Balaban J connectivity index is 1.62. The molecule has 4 rings (SSSR count). The van der Waals surface area contributed by atoms with E-state index in [0.29, 0.717) is 10.9 Å². The van der Waals surface area contributed by atoms with Gasteiger partial charge in [-0.25, -0.2) is 4.98 Å². The van der Waals surface area contributed by atoms with Crippen LogP contribution in [0.2, 0.25) is 0 Å². The second kappa shape index (κ2) is 8.39. The van der Waals surface area contributed by atoms with E-state index in [0.717, 1.165) is 68.4 Å². The lowest BCUT2D eigenvalue weighted by molar-refractivity contribution is -0.137. The summed E-state index contributed by atoms with van der Waals surface area (Å²) >= 11 is 0. The van der Waals surface area contributed by atoms with Gasteiger partial charge in [-0.05, 0) is 55.5 Å². The van der Waals surface area contributed by atoms with Crippen LogP contribution in [0.5, 0.6) is 0 Å². The van der Waals surface area contributed by atoms with Crippen LogP contribution in [0.25, 0.3) is 22.4 Å². The van der Waals surface area contributed by atoms with Crippen LogP contribution in [0.3, 0.4) is 0 Å². The second-order valence-corrected chi connectivity index (χ2v) is 7.97. The highest BCUT2D eigenvalue weighted by molar-refractivity contribution is 5.83. The molecule has 0 spiro atoms. The number of aromatic amines is 1. The first kappa shape index (κ1) is 21.5. The summed E-state index contributed by atoms with van der Waals surface area (Å²) in [7, 11) is 0. The maximum Gasteiger partial charge on any atom is 0.416 e. The first-order valence-electron chi connectivity index (χ1n) is 10.2. The summed E-state index contributed by atoms with van der Waals surface area (Å²) in [4.78, 5) is 25.9. The van der Waals surface area contributed by atoms with Crippen molar-refractivity contribution in [3.63, 3.8) is 0 Å². The number of halogens is 3. The SMILES string of the molecule is Cc1cc(CCN2CCC(O)CC2)cc2c(=O)[nH]c(-c3cc(C(F)(F)F)ccn3)nc12. The zero-order valence-electron chi connectivity index (χ0n) is 17.0. The molecule has 0 amide bonds. The Labute approximate surface area is 176 Å². The predicted octanol–water partition coefficient (Wildman–Crippen LogP) is 3.31. The lowest BCUT2D eigenvalue weighted by Gasteiger charge is -2.29. The monoisotopic (exact) mass is 432 g/mol. The minimum absolute atomic E-state index is 0.00586. The van der Waals surface area contributed by atoms with Crippen molar-refractivity contribution in [2.75, 3.05) is 19.6 Å². The van der Waals surface area contributed by atoms with E-state index in [1.54, 1.807) is 6.07 Å². The number of piperidine rings is 1. The molecule has 0 radical (unpaired) electrons. The molecule has 0 saturated carbocycles. The van der Waals surface area contributed by atoms with Gasteiger partial charge in [0.1, 0.15) is 5.69 Å². The Morgan fingerprint density at radius 1 is 1.23 bits per heavy atom. The number of benzene rings is 1. The largest absolute Gasteiger partial charge is 0.416 e. The molecule has 0 bridgehead atoms. The highest BCUT2D eigenvalue weighted by Gasteiger charge is 2.31. The Hall–Kier alpha value is -2.78. The van der Waals surface area contributed by atoms with Gasteiger partial charge in [0.15, 0.2) is 5.82 Å². The minimum Gasteiger partial charge on any atom is -0.393 e. The van der Waals surface area contributed by atoms with Gasteiger partial charge in [-0.2, -0.15) is 13.2 Å². The smallest absolute Gasteiger partial charge is 0.393 e. The third-order valence-corrected chi connectivity index (χ3v) is 5.66. The number of nitrogens with zero attached hydrogens (tertiary/aromatic N) is 3. The molecule has 6 nitrogen and oxygen atoms in total. The molecule has 31 heavy (non-hydrogen) atoms.